The maximum Gasteiger partial charge on any atom is 0.360 e. The van der Waals surface area contributed by atoms with Crippen LogP contribution in [-0.2, 0) is 4.57 Å². The minimum Gasteiger partial charge on any atom is -0.508 e. The fraction of sp³-hybridized carbons (Fsp3) is 0.333. The zero-order valence-corrected chi connectivity index (χ0v) is 9.32. The third kappa shape index (κ3) is 2.29. The van der Waals surface area contributed by atoms with Crippen molar-refractivity contribution in [2.75, 3.05) is 5.09 Å². The van der Waals surface area contributed by atoms with E-state index < -0.39 is 7.67 Å². The van der Waals surface area contributed by atoms with E-state index in [2.05, 4.69) is 5.09 Å². The molecule has 0 bridgehead atoms. The number of nitrogens with two attached hydrogens (primary N) is 1. The SMILES string of the molecule is NP(=O)(O)Nc1ccc(O)c(C2CC2)c1O. The lowest BCUT2D eigenvalue weighted by molar-refractivity contribution is 0.439. The number of anilines is 1. The Morgan fingerprint density at radius 2 is 2.00 bits per heavy atom. The summed E-state index contributed by atoms with van der Waals surface area (Å²) in [6.07, 6.45) is 1.79. The Morgan fingerprint density at radius 1 is 1.38 bits per heavy atom. The van der Waals surface area contributed by atoms with Crippen molar-refractivity contribution in [1.82, 2.24) is 0 Å². The van der Waals surface area contributed by atoms with E-state index in [-0.39, 0.29) is 23.1 Å². The second-order valence-corrected chi connectivity index (χ2v) is 5.37. The molecule has 1 aliphatic rings. The maximum atomic E-state index is 11.0. The van der Waals surface area contributed by atoms with Gasteiger partial charge in [0, 0.05) is 5.56 Å². The van der Waals surface area contributed by atoms with Crippen LogP contribution in [0.5, 0.6) is 11.5 Å². The molecule has 6 N–H and O–H groups in total. The summed E-state index contributed by atoms with van der Waals surface area (Å²) >= 11 is 0. The largest absolute Gasteiger partial charge is 0.508 e. The highest BCUT2D eigenvalue weighted by Crippen LogP contribution is 2.51. The number of nitrogens with one attached hydrogen (secondary N) is 1. The molecule has 0 spiro atoms. The molecule has 0 radical (unpaired) electrons. The molecule has 7 heteroatoms. The van der Waals surface area contributed by atoms with E-state index in [9.17, 15) is 14.8 Å². The van der Waals surface area contributed by atoms with Crippen LogP contribution in [0, 0.1) is 0 Å². The van der Waals surface area contributed by atoms with E-state index in [4.69, 9.17) is 10.4 Å². The predicted octanol–water partition coefficient (Wildman–Crippen LogP) is 1.45. The molecule has 1 aromatic rings. The fourth-order valence-electron chi connectivity index (χ4n) is 1.63. The van der Waals surface area contributed by atoms with E-state index in [1.807, 2.05) is 0 Å². The van der Waals surface area contributed by atoms with Crippen molar-refractivity contribution in [3.05, 3.63) is 17.7 Å². The van der Waals surface area contributed by atoms with Gasteiger partial charge in [-0.1, -0.05) is 0 Å². The molecule has 16 heavy (non-hydrogen) atoms. The molecule has 2 rings (SSSR count). The highest BCUT2D eigenvalue weighted by atomic mass is 31.2. The zero-order valence-electron chi connectivity index (χ0n) is 8.42. The molecule has 88 valence electrons. The van der Waals surface area contributed by atoms with Gasteiger partial charge in [0.15, 0.2) is 0 Å². The highest BCUT2D eigenvalue weighted by molar-refractivity contribution is 7.57. The molecule has 1 saturated carbocycles. The lowest BCUT2D eigenvalue weighted by Gasteiger charge is -2.14. The zero-order chi connectivity index (χ0) is 11.9. The first-order valence-corrected chi connectivity index (χ1v) is 6.56. The maximum absolute atomic E-state index is 11.0. The van der Waals surface area contributed by atoms with E-state index in [1.165, 1.54) is 12.1 Å². The number of benzene rings is 1. The summed E-state index contributed by atoms with van der Waals surface area (Å²) in [6.45, 7) is 0. The van der Waals surface area contributed by atoms with Crippen LogP contribution in [0.15, 0.2) is 12.1 Å². The highest BCUT2D eigenvalue weighted by Gasteiger charge is 2.31. The van der Waals surface area contributed by atoms with Crippen molar-refractivity contribution in [2.24, 2.45) is 5.50 Å². The summed E-state index contributed by atoms with van der Waals surface area (Å²) < 4.78 is 11.0. The van der Waals surface area contributed by atoms with Gasteiger partial charge in [0.05, 0.1) is 5.69 Å². The number of phenolic OH excluding ortho intramolecular Hbond substituents is 2. The third-order valence-electron chi connectivity index (χ3n) is 2.46. The van der Waals surface area contributed by atoms with E-state index in [0.717, 1.165) is 12.8 Å². The topological polar surface area (TPSA) is 116 Å². The molecule has 1 aliphatic carbocycles. The van der Waals surface area contributed by atoms with Crippen LogP contribution in [0.2, 0.25) is 0 Å². The molecule has 6 nitrogen and oxygen atoms in total. The molecule has 0 heterocycles. The minimum atomic E-state index is -3.95. The van der Waals surface area contributed by atoms with E-state index in [1.54, 1.807) is 0 Å². The minimum absolute atomic E-state index is 0.00431. The molecule has 0 aliphatic heterocycles. The summed E-state index contributed by atoms with van der Waals surface area (Å²) in [4.78, 5) is 8.96. The lowest BCUT2D eigenvalue weighted by Crippen LogP contribution is -2.04. The smallest absolute Gasteiger partial charge is 0.360 e. The number of phenols is 2. The standard InChI is InChI=1S/C9H13N2O4P/c10-16(14,15)11-6-3-4-7(12)8(9(6)13)5-1-2-5/h3-5,12-13H,1-2H2,(H4,10,11,14,15). The summed E-state index contributed by atoms with van der Waals surface area (Å²) in [6, 6.07) is 2.68. The summed E-state index contributed by atoms with van der Waals surface area (Å²) in [5, 5.41) is 21.5. The molecule has 1 atom stereocenters. The van der Waals surface area contributed by atoms with Gasteiger partial charge in [0.1, 0.15) is 11.5 Å². The van der Waals surface area contributed by atoms with Crippen molar-refractivity contribution in [2.45, 2.75) is 18.8 Å². The van der Waals surface area contributed by atoms with Crippen LogP contribution in [0.4, 0.5) is 5.69 Å². The second kappa shape index (κ2) is 3.66. The number of aromatic hydroxyl groups is 2. The van der Waals surface area contributed by atoms with Gasteiger partial charge >= 0.3 is 7.67 Å². The molecule has 0 saturated heterocycles. The molecule has 1 unspecified atom stereocenters. The Morgan fingerprint density at radius 3 is 2.50 bits per heavy atom. The molecular formula is C9H13N2O4P. The van der Waals surface area contributed by atoms with Gasteiger partial charge in [-0.05, 0) is 30.9 Å². The van der Waals surface area contributed by atoms with Crippen LogP contribution in [0.3, 0.4) is 0 Å². The van der Waals surface area contributed by atoms with E-state index >= 15 is 0 Å². The van der Waals surface area contributed by atoms with Gasteiger partial charge in [-0.2, -0.15) is 0 Å². The predicted molar refractivity (Wildman–Crippen MR) is 59.4 cm³/mol. The van der Waals surface area contributed by atoms with Crippen LogP contribution in [0.1, 0.15) is 24.3 Å². The Hall–Kier alpha value is -1.23. The van der Waals surface area contributed by atoms with Crippen molar-refractivity contribution < 1.29 is 19.7 Å². The molecular weight excluding hydrogens is 231 g/mol. The van der Waals surface area contributed by atoms with E-state index in [0.29, 0.717) is 5.56 Å². The van der Waals surface area contributed by atoms with Gasteiger partial charge in [-0.25, -0.2) is 10.1 Å². The Kier molecular flexibility index (Phi) is 2.58. The van der Waals surface area contributed by atoms with Gasteiger partial charge in [0.25, 0.3) is 0 Å². The Labute approximate surface area is 92.3 Å². The molecule has 1 aromatic carbocycles. The van der Waals surface area contributed by atoms with Crippen LogP contribution < -0.4 is 10.6 Å². The first-order valence-electron chi connectivity index (χ1n) is 4.83. The number of rotatable bonds is 3. The van der Waals surface area contributed by atoms with Crippen molar-refractivity contribution >= 4 is 13.4 Å². The first kappa shape index (κ1) is 11.3. The van der Waals surface area contributed by atoms with Crippen molar-refractivity contribution in [1.29, 1.82) is 0 Å². The normalized spacial score (nSPS) is 19.1. The second-order valence-electron chi connectivity index (χ2n) is 3.90. The summed E-state index contributed by atoms with van der Waals surface area (Å²) in [7, 11) is -3.95. The number of hydrogen-bond acceptors (Lipinski definition) is 3. The van der Waals surface area contributed by atoms with Gasteiger partial charge in [-0.15, -0.1) is 0 Å². The fourth-order valence-corrected chi connectivity index (χ4v) is 2.16. The van der Waals surface area contributed by atoms with Crippen LogP contribution >= 0.6 is 7.67 Å². The summed E-state index contributed by atoms with van der Waals surface area (Å²) in [5.41, 5.74) is 5.42. The molecule has 1 fully saturated rings. The average molecular weight is 244 g/mol. The van der Waals surface area contributed by atoms with Crippen molar-refractivity contribution in [3.63, 3.8) is 0 Å². The third-order valence-corrected chi connectivity index (χ3v) is 3.02. The molecule has 0 amide bonds. The average Bonchev–Trinajstić information content (AvgIpc) is 2.92. The van der Waals surface area contributed by atoms with Gasteiger partial charge in [0.2, 0.25) is 0 Å². The Bertz CT molecular complexity index is 467. The quantitative estimate of drug-likeness (QED) is 0.312. The monoisotopic (exact) mass is 244 g/mol. The van der Waals surface area contributed by atoms with Crippen molar-refractivity contribution in [3.8, 4) is 11.5 Å². The first-order chi connectivity index (χ1) is 7.38. The van der Waals surface area contributed by atoms with Crippen LogP contribution in [0.25, 0.3) is 0 Å². The number of hydrogen-bond donors (Lipinski definition) is 5. The molecule has 0 aromatic heterocycles. The van der Waals surface area contributed by atoms with Gasteiger partial charge < -0.3 is 15.1 Å². The Balaban J connectivity index is 2.40. The lowest BCUT2D eigenvalue weighted by atomic mass is 10.1. The van der Waals surface area contributed by atoms with Crippen LogP contribution in [-0.4, -0.2) is 15.1 Å². The van der Waals surface area contributed by atoms with Gasteiger partial charge in [-0.3, -0.25) is 5.09 Å². The summed E-state index contributed by atoms with van der Waals surface area (Å²) in [5.74, 6) is -0.0878.